The van der Waals surface area contributed by atoms with Gasteiger partial charge in [0.2, 0.25) is 5.91 Å². The molecular formula is C35H58N2O4. The van der Waals surface area contributed by atoms with Gasteiger partial charge in [-0.05, 0) is 138 Å². The Bertz CT molecular complexity index is 1010. The van der Waals surface area contributed by atoms with Crippen LogP contribution < -0.4 is 5.32 Å². The molecule has 0 spiro atoms. The number of amides is 2. The van der Waals surface area contributed by atoms with Crippen LogP contribution in [0.25, 0.3) is 0 Å². The van der Waals surface area contributed by atoms with Crippen molar-refractivity contribution in [2.45, 2.75) is 136 Å². The Morgan fingerprint density at radius 1 is 1.05 bits per heavy atom. The summed E-state index contributed by atoms with van der Waals surface area (Å²) in [6.07, 6.45) is 15.3. The predicted molar refractivity (Wildman–Crippen MR) is 163 cm³/mol. The van der Waals surface area contributed by atoms with E-state index in [9.17, 15) is 19.8 Å². The zero-order valence-corrected chi connectivity index (χ0v) is 26.8. The monoisotopic (exact) mass is 570 g/mol. The summed E-state index contributed by atoms with van der Waals surface area (Å²) in [5.74, 6) is 3.93. The molecule has 2 amide bonds. The minimum absolute atomic E-state index is 0.00381. The fourth-order valence-electron chi connectivity index (χ4n) is 10.5. The van der Waals surface area contributed by atoms with Gasteiger partial charge < -0.3 is 20.4 Å². The highest BCUT2D eigenvalue weighted by molar-refractivity contribution is 5.84. The Labute approximate surface area is 249 Å². The smallest absolute Gasteiger partial charge is 0.251 e. The molecule has 1 aliphatic heterocycles. The van der Waals surface area contributed by atoms with E-state index in [1.165, 1.54) is 46.0 Å². The highest BCUT2D eigenvalue weighted by Crippen LogP contribution is 2.67. The lowest BCUT2D eigenvalue weighted by Crippen LogP contribution is -2.51. The second-order valence-corrected chi connectivity index (χ2v) is 15.9. The average Bonchev–Trinajstić information content (AvgIpc) is 3.28. The Balaban J connectivity index is 1.12. The van der Waals surface area contributed by atoms with E-state index in [1.807, 2.05) is 11.8 Å². The van der Waals surface area contributed by atoms with Crippen molar-refractivity contribution in [3.63, 3.8) is 0 Å². The van der Waals surface area contributed by atoms with E-state index in [0.29, 0.717) is 40.9 Å². The number of fused-ring (bicyclic) bond motifs is 5. The number of nitrogens with zero attached hydrogens (tertiary/aromatic N) is 1. The highest BCUT2D eigenvalue weighted by Gasteiger charge is 2.59. The fraction of sp³-hybridized carbons (Fsp3) is 0.886. The summed E-state index contributed by atoms with van der Waals surface area (Å²) < 4.78 is 0. The number of carbonyl (C=O) groups is 2. The summed E-state index contributed by atoms with van der Waals surface area (Å²) >= 11 is 0. The van der Waals surface area contributed by atoms with E-state index in [-0.39, 0.29) is 18.1 Å². The molecule has 0 bridgehead atoms. The fourth-order valence-corrected chi connectivity index (χ4v) is 10.5. The molecule has 1 saturated heterocycles. The zero-order chi connectivity index (χ0) is 29.7. The number of nitrogens with one attached hydrogen (secondary N) is 1. The molecule has 5 aliphatic rings. The maximum Gasteiger partial charge on any atom is 0.251 e. The van der Waals surface area contributed by atoms with Gasteiger partial charge >= 0.3 is 0 Å². The second kappa shape index (κ2) is 11.6. The molecule has 1 heterocycles. The van der Waals surface area contributed by atoms with E-state index in [2.05, 4.69) is 32.2 Å². The molecule has 41 heavy (non-hydrogen) atoms. The maximum atomic E-state index is 13.2. The van der Waals surface area contributed by atoms with Crippen LogP contribution >= 0.6 is 0 Å². The average molecular weight is 571 g/mol. The summed E-state index contributed by atoms with van der Waals surface area (Å²) in [5.41, 5.74) is 0.875. The largest absolute Gasteiger partial charge is 0.393 e. The Kier molecular flexibility index (Phi) is 8.78. The Morgan fingerprint density at radius 3 is 2.44 bits per heavy atom. The van der Waals surface area contributed by atoms with Gasteiger partial charge in [0.15, 0.2) is 0 Å². The first-order chi connectivity index (χ1) is 19.2. The number of allylic oxidation sites excluding steroid dienone is 1. The first kappa shape index (κ1) is 31.0. The molecule has 9 atom stereocenters. The quantitative estimate of drug-likeness (QED) is 0.335. The van der Waals surface area contributed by atoms with Crippen LogP contribution in [0.5, 0.6) is 0 Å². The van der Waals surface area contributed by atoms with Crippen molar-refractivity contribution in [3.05, 3.63) is 11.6 Å². The van der Waals surface area contributed by atoms with Gasteiger partial charge in [-0.2, -0.15) is 0 Å². The van der Waals surface area contributed by atoms with Gasteiger partial charge in [-0.3, -0.25) is 9.59 Å². The molecule has 0 aromatic heterocycles. The number of aliphatic hydroxyl groups is 2. The molecule has 2 unspecified atom stereocenters. The molecule has 6 nitrogen and oxygen atoms in total. The van der Waals surface area contributed by atoms with E-state index in [4.69, 9.17) is 0 Å². The summed E-state index contributed by atoms with van der Waals surface area (Å²) in [4.78, 5) is 27.5. The second-order valence-electron chi connectivity index (χ2n) is 15.9. The minimum Gasteiger partial charge on any atom is -0.393 e. The number of carbonyl (C=O) groups excluding carboxylic acids is 2. The van der Waals surface area contributed by atoms with Crippen molar-refractivity contribution < 1.29 is 19.8 Å². The zero-order valence-electron chi connectivity index (χ0n) is 26.8. The van der Waals surface area contributed by atoms with Crippen molar-refractivity contribution in [2.75, 3.05) is 13.1 Å². The summed E-state index contributed by atoms with van der Waals surface area (Å²) in [5, 5.41) is 23.2. The summed E-state index contributed by atoms with van der Waals surface area (Å²) in [7, 11) is 0. The van der Waals surface area contributed by atoms with E-state index < -0.39 is 5.60 Å². The lowest BCUT2D eigenvalue weighted by Gasteiger charge is -2.58. The molecule has 0 aromatic rings. The maximum absolute atomic E-state index is 13.2. The number of rotatable bonds is 7. The van der Waals surface area contributed by atoms with Gasteiger partial charge in [0.05, 0.1) is 6.10 Å². The SMILES string of the molecule is CC(NC(=O)C(C)(C)O)C1CCN(C(=O)CCC(C)[C@H]2CC[C@H]3[C@@H]4CC=C5C[C@@H](O)CC[C@]5(C)[C@H]4CC[C@]23C)CC1. The van der Waals surface area contributed by atoms with E-state index in [0.717, 1.165) is 69.4 Å². The van der Waals surface area contributed by atoms with Gasteiger partial charge in [-0.1, -0.05) is 32.4 Å². The predicted octanol–water partition coefficient (Wildman–Crippen LogP) is 5.86. The lowest BCUT2D eigenvalue weighted by molar-refractivity contribution is -0.138. The molecule has 0 radical (unpaired) electrons. The Morgan fingerprint density at radius 2 is 1.76 bits per heavy atom. The first-order valence-corrected chi connectivity index (χ1v) is 16.9. The van der Waals surface area contributed by atoms with Crippen molar-refractivity contribution in [2.24, 2.45) is 46.3 Å². The number of hydrogen-bond acceptors (Lipinski definition) is 4. The van der Waals surface area contributed by atoms with Crippen LogP contribution in [0, 0.1) is 46.3 Å². The molecule has 4 aliphatic carbocycles. The van der Waals surface area contributed by atoms with Crippen molar-refractivity contribution >= 4 is 11.8 Å². The third kappa shape index (κ3) is 5.90. The standard InChI is InChI=1S/C35H58N2O4/c1-22(7-12-31(39)37-19-15-24(16-20-37)23(2)36-32(40)33(3,4)41)28-10-11-29-27-9-8-25-21-26(38)13-17-34(25,5)30(27)14-18-35(28,29)6/h8,22-24,26-30,38,41H,7,9-21H2,1-6H3,(H,36,40)/t22?,23?,26-,27-,28+,29-,30-,34-,35+/m0/s1. The number of hydrogen-bond donors (Lipinski definition) is 3. The third-order valence-corrected chi connectivity index (χ3v) is 13.2. The van der Waals surface area contributed by atoms with Gasteiger partial charge in [0.25, 0.3) is 5.91 Å². The van der Waals surface area contributed by atoms with Crippen molar-refractivity contribution in [3.8, 4) is 0 Å². The van der Waals surface area contributed by atoms with Gasteiger partial charge in [0.1, 0.15) is 5.60 Å². The molecule has 6 heteroatoms. The molecule has 232 valence electrons. The van der Waals surface area contributed by atoms with Crippen LogP contribution in [0.2, 0.25) is 0 Å². The van der Waals surface area contributed by atoms with Crippen LogP contribution in [0.4, 0.5) is 0 Å². The van der Waals surface area contributed by atoms with Crippen LogP contribution in [-0.4, -0.2) is 57.8 Å². The number of likely N-dealkylation sites (tertiary alicyclic amines) is 1. The minimum atomic E-state index is -1.37. The van der Waals surface area contributed by atoms with E-state index >= 15 is 0 Å². The topological polar surface area (TPSA) is 89.9 Å². The number of aliphatic hydroxyl groups excluding tert-OH is 1. The lowest BCUT2D eigenvalue weighted by atomic mass is 9.47. The van der Waals surface area contributed by atoms with Crippen LogP contribution in [0.15, 0.2) is 11.6 Å². The molecule has 4 fully saturated rings. The first-order valence-electron chi connectivity index (χ1n) is 16.9. The van der Waals surface area contributed by atoms with Crippen molar-refractivity contribution in [1.82, 2.24) is 10.2 Å². The summed E-state index contributed by atoms with van der Waals surface area (Å²) in [6.45, 7) is 14.1. The number of piperidine rings is 1. The Hall–Kier alpha value is -1.40. The molecule has 0 aromatic carbocycles. The van der Waals surface area contributed by atoms with Crippen molar-refractivity contribution in [1.29, 1.82) is 0 Å². The van der Waals surface area contributed by atoms with Crippen LogP contribution in [-0.2, 0) is 9.59 Å². The van der Waals surface area contributed by atoms with Crippen LogP contribution in [0.1, 0.15) is 119 Å². The molecular weight excluding hydrogens is 512 g/mol. The molecule has 3 saturated carbocycles. The third-order valence-electron chi connectivity index (χ3n) is 13.2. The van der Waals surface area contributed by atoms with Gasteiger partial charge in [-0.25, -0.2) is 0 Å². The van der Waals surface area contributed by atoms with Crippen LogP contribution in [0.3, 0.4) is 0 Å². The molecule has 3 N–H and O–H groups in total. The summed E-state index contributed by atoms with van der Waals surface area (Å²) in [6, 6.07) is -0.00381. The molecule has 5 rings (SSSR count). The van der Waals surface area contributed by atoms with E-state index in [1.54, 1.807) is 5.57 Å². The van der Waals surface area contributed by atoms with Gasteiger partial charge in [-0.15, -0.1) is 0 Å². The van der Waals surface area contributed by atoms with Gasteiger partial charge in [0, 0.05) is 25.6 Å². The normalized spacial score (nSPS) is 39.2. The highest BCUT2D eigenvalue weighted by atomic mass is 16.3.